The van der Waals surface area contributed by atoms with Gasteiger partial charge < -0.3 is 14.9 Å². The summed E-state index contributed by atoms with van der Waals surface area (Å²) in [4.78, 5) is 11.5. The average molecular weight is 203 g/mol. The predicted octanol–water partition coefficient (Wildman–Crippen LogP) is -0.0286. The van der Waals surface area contributed by atoms with Gasteiger partial charge in [-0.3, -0.25) is 4.79 Å². The zero-order chi connectivity index (χ0) is 11.0. The summed E-state index contributed by atoms with van der Waals surface area (Å²) in [6, 6.07) is 0. The van der Waals surface area contributed by atoms with Gasteiger partial charge in [0.1, 0.15) is 0 Å². The number of aliphatic hydroxyl groups is 1. The second kappa shape index (κ2) is 6.79. The van der Waals surface area contributed by atoms with Crippen LogP contribution in [0.4, 0.5) is 0 Å². The van der Waals surface area contributed by atoms with Crippen LogP contribution in [0.25, 0.3) is 0 Å². The van der Waals surface area contributed by atoms with Gasteiger partial charge in [-0.25, -0.2) is 0 Å². The molecule has 0 spiro atoms. The fourth-order valence-electron chi connectivity index (χ4n) is 1.56. The van der Waals surface area contributed by atoms with Crippen molar-refractivity contribution < 1.29 is 14.4 Å². The second-order valence-electron chi connectivity index (χ2n) is 3.52. The Labute approximate surface area is 86.5 Å². The molecule has 0 bridgehead atoms. The lowest BCUT2D eigenvalue weighted by Gasteiger charge is -2.34. The fraction of sp³-hybridized carbons (Fsp3) is 0.900. The standard InChI is InChI=1S/C10H22N2O2/c1-4-12(5-2,6-3)9-10(14)11-7-8-13/h13H,4-9H2,1-3H3/p+1. The van der Waals surface area contributed by atoms with E-state index in [9.17, 15) is 4.79 Å². The highest BCUT2D eigenvalue weighted by Gasteiger charge is 2.24. The van der Waals surface area contributed by atoms with Crippen LogP contribution in [0.15, 0.2) is 0 Å². The Morgan fingerprint density at radius 2 is 1.71 bits per heavy atom. The molecule has 0 aromatic heterocycles. The van der Waals surface area contributed by atoms with E-state index in [1.54, 1.807) is 0 Å². The molecule has 0 atom stereocenters. The first-order chi connectivity index (χ1) is 6.64. The van der Waals surface area contributed by atoms with Crippen molar-refractivity contribution in [2.24, 2.45) is 0 Å². The normalized spacial score (nSPS) is 11.4. The van der Waals surface area contributed by atoms with Crippen LogP contribution < -0.4 is 5.32 Å². The molecule has 0 aromatic rings. The van der Waals surface area contributed by atoms with E-state index in [4.69, 9.17) is 5.11 Å². The molecule has 14 heavy (non-hydrogen) atoms. The van der Waals surface area contributed by atoms with Crippen molar-refractivity contribution in [2.45, 2.75) is 20.8 Å². The predicted molar refractivity (Wildman–Crippen MR) is 56.8 cm³/mol. The molecule has 4 nitrogen and oxygen atoms in total. The number of likely N-dealkylation sites (N-methyl/N-ethyl adjacent to an activating group) is 1. The van der Waals surface area contributed by atoms with E-state index in [-0.39, 0.29) is 12.5 Å². The molecular weight excluding hydrogens is 180 g/mol. The van der Waals surface area contributed by atoms with Gasteiger partial charge in [0.25, 0.3) is 5.91 Å². The first-order valence-corrected chi connectivity index (χ1v) is 5.36. The quantitative estimate of drug-likeness (QED) is 0.571. The summed E-state index contributed by atoms with van der Waals surface area (Å²) in [5.74, 6) is 0.0320. The SMILES string of the molecule is CC[N+](CC)(CC)CC(=O)NCCO. The fourth-order valence-corrected chi connectivity index (χ4v) is 1.56. The number of hydrogen-bond donors (Lipinski definition) is 2. The number of aliphatic hydroxyl groups excluding tert-OH is 1. The van der Waals surface area contributed by atoms with Crippen molar-refractivity contribution in [1.82, 2.24) is 5.32 Å². The summed E-state index contributed by atoms with van der Waals surface area (Å²) in [6.07, 6.45) is 0. The van der Waals surface area contributed by atoms with Crippen molar-refractivity contribution in [3.05, 3.63) is 0 Å². The molecule has 0 heterocycles. The zero-order valence-electron chi connectivity index (χ0n) is 9.55. The van der Waals surface area contributed by atoms with Crippen LogP contribution in [-0.2, 0) is 4.79 Å². The molecule has 0 aliphatic carbocycles. The van der Waals surface area contributed by atoms with Gasteiger partial charge in [0, 0.05) is 6.54 Å². The number of nitrogens with zero attached hydrogens (tertiary/aromatic N) is 1. The summed E-state index contributed by atoms with van der Waals surface area (Å²) in [5.41, 5.74) is 0. The molecule has 84 valence electrons. The maximum absolute atomic E-state index is 11.5. The number of amides is 1. The highest BCUT2D eigenvalue weighted by molar-refractivity contribution is 5.77. The Bertz CT molecular complexity index is 159. The maximum Gasteiger partial charge on any atom is 0.275 e. The van der Waals surface area contributed by atoms with Crippen LogP contribution in [0.1, 0.15) is 20.8 Å². The van der Waals surface area contributed by atoms with Gasteiger partial charge in [-0.05, 0) is 20.8 Å². The number of rotatable bonds is 7. The van der Waals surface area contributed by atoms with Gasteiger partial charge in [-0.1, -0.05) is 0 Å². The van der Waals surface area contributed by atoms with Gasteiger partial charge in [-0.15, -0.1) is 0 Å². The highest BCUT2D eigenvalue weighted by atomic mass is 16.3. The molecule has 1 amide bonds. The summed E-state index contributed by atoms with van der Waals surface area (Å²) < 4.78 is 0.817. The number of quaternary nitrogens is 1. The van der Waals surface area contributed by atoms with E-state index in [1.165, 1.54) is 0 Å². The summed E-state index contributed by atoms with van der Waals surface area (Å²) in [5, 5.41) is 11.3. The van der Waals surface area contributed by atoms with Gasteiger partial charge in [0.05, 0.1) is 26.2 Å². The Hall–Kier alpha value is -0.610. The second-order valence-corrected chi connectivity index (χ2v) is 3.52. The van der Waals surface area contributed by atoms with Crippen LogP contribution in [0.3, 0.4) is 0 Å². The largest absolute Gasteiger partial charge is 0.395 e. The third-order valence-electron chi connectivity index (χ3n) is 2.93. The van der Waals surface area contributed by atoms with E-state index in [0.717, 1.165) is 24.1 Å². The van der Waals surface area contributed by atoms with Gasteiger partial charge in [0.15, 0.2) is 6.54 Å². The third kappa shape index (κ3) is 4.07. The lowest BCUT2D eigenvalue weighted by atomic mass is 10.3. The first kappa shape index (κ1) is 13.4. The van der Waals surface area contributed by atoms with Crippen molar-refractivity contribution in [3.8, 4) is 0 Å². The molecule has 0 saturated carbocycles. The smallest absolute Gasteiger partial charge is 0.275 e. The minimum atomic E-state index is 0.0100. The van der Waals surface area contributed by atoms with E-state index >= 15 is 0 Å². The zero-order valence-corrected chi connectivity index (χ0v) is 9.55. The van der Waals surface area contributed by atoms with Gasteiger partial charge in [-0.2, -0.15) is 0 Å². The van der Waals surface area contributed by atoms with E-state index in [0.29, 0.717) is 13.1 Å². The van der Waals surface area contributed by atoms with Gasteiger partial charge in [0.2, 0.25) is 0 Å². The van der Waals surface area contributed by atoms with E-state index < -0.39 is 0 Å². The monoisotopic (exact) mass is 203 g/mol. The molecule has 0 saturated heterocycles. The number of nitrogens with one attached hydrogen (secondary N) is 1. The molecule has 0 aromatic carbocycles. The number of carbonyl (C=O) groups is 1. The summed E-state index contributed by atoms with van der Waals surface area (Å²) in [6.45, 7) is 10.1. The van der Waals surface area contributed by atoms with E-state index in [1.807, 2.05) is 0 Å². The third-order valence-corrected chi connectivity index (χ3v) is 2.93. The lowest BCUT2D eigenvalue weighted by Crippen LogP contribution is -2.53. The van der Waals surface area contributed by atoms with Crippen molar-refractivity contribution in [2.75, 3.05) is 39.3 Å². The molecule has 0 unspecified atom stereocenters. The Morgan fingerprint density at radius 1 is 1.21 bits per heavy atom. The molecular formula is C10H23N2O2+. The molecule has 0 radical (unpaired) electrons. The lowest BCUT2D eigenvalue weighted by molar-refractivity contribution is -0.915. The average Bonchev–Trinajstić information content (AvgIpc) is 2.23. The van der Waals surface area contributed by atoms with Crippen molar-refractivity contribution in [1.29, 1.82) is 0 Å². The molecule has 0 aliphatic heterocycles. The van der Waals surface area contributed by atoms with Gasteiger partial charge >= 0.3 is 0 Å². The molecule has 0 rings (SSSR count). The van der Waals surface area contributed by atoms with Crippen molar-refractivity contribution in [3.63, 3.8) is 0 Å². The Balaban J connectivity index is 4.08. The topological polar surface area (TPSA) is 49.3 Å². The molecule has 0 aliphatic rings. The summed E-state index contributed by atoms with van der Waals surface area (Å²) in [7, 11) is 0. The molecule has 4 heteroatoms. The van der Waals surface area contributed by atoms with Crippen LogP contribution in [0.5, 0.6) is 0 Å². The number of carbonyl (C=O) groups excluding carboxylic acids is 1. The minimum absolute atomic E-state index is 0.0100. The number of hydrogen-bond acceptors (Lipinski definition) is 2. The Morgan fingerprint density at radius 3 is 2.07 bits per heavy atom. The maximum atomic E-state index is 11.5. The minimum Gasteiger partial charge on any atom is -0.395 e. The first-order valence-electron chi connectivity index (χ1n) is 5.36. The molecule has 0 fully saturated rings. The van der Waals surface area contributed by atoms with Crippen molar-refractivity contribution >= 4 is 5.91 Å². The van der Waals surface area contributed by atoms with Crippen LogP contribution >= 0.6 is 0 Å². The Kier molecular flexibility index (Phi) is 6.49. The molecule has 2 N–H and O–H groups in total. The summed E-state index contributed by atoms with van der Waals surface area (Å²) >= 11 is 0. The van der Waals surface area contributed by atoms with Crippen LogP contribution in [-0.4, -0.2) is 54.8 Å². The van der Waals surface area contributed by atoms with E-state index in [2.05, 4.69) is 26.1 Å². The van der Waals surface area contributed by atoms with Crippen LogP contribution in [0.2, 0.25) is 0 Å². The highest BCUT2D eigenvalue weighted by Crippen LogP contribution is 2.04. The van der Waals surface area contributed by atoms with Crippen LogP contribution in [0, 0.1) is 0 Å².